The van der Waals surface area contributed by atoms with Crippen LogP contribution < -0.4 is 15.4 Å². The van der Waals surface area contributed by atoms with Gasteiger partial charge in [-0.05, 0) is 102 Å². The Morgan fingerprint density at radius 3 is 2.08 bits per heavy atom. The number of amides is 5. The summed E-state index contributed by atoms with van der Waals surface area (Å²) < 4.78 is 6.14. The third-order valence-electron chi connectivity index (χ3n) is 11.4. The highest BCUT2D eigenvalue weighted by Gasteiger charge is 2.45. The molecule has 13 nitrogen and oxygen atoms in total. The van der Waals surface area contributed by atoms with Crippen LogP contribution >= 0.6 is 0 Å². The van der Waals surface area contributed by atoms with Crippen LogP contribution in [0.3, 0.4) is 0 Å². The van der Waals surface area contributed by atoms with Crippen molar-refractivity contribution in [2.45, 2.75) is 57.9 Å². The van der Waals surface area contributed by atoms with Gasteiger partial charge in [-0.2, -0.15) is 0 Å². The predicted molar refractivity (Wildman–Crippen MR) is 227 cm³/mol. The lowest BCUT2D eigenvalue weighted by Crippen LogP contribution is -2.54. The second-order valence-corrected chi connectivity index (χ2v) is 15.3. The van der Waals surface area contributed by atoms with Gasteiger partial charge in [-0.25, -0.2) is 0 Å². The van der Waals surface area contributed by atoms with Crippen LogP contribution in [0, 0.1) is 0 Å². The largest absolute Gasteiger partial charge is 0.508 e. The van der Waals surface area contributed by atoms with Crippen LogP contribution in [0.1, 0.15) is 89.3 Å². The highest BCUT2D eigenvalue weighted by Crippen LogP contribution is 2.36. The van der Waals surface area contributed by atoms with Gasteiger partial charge in [0.25, 0.3) is 11.8 Å². The van der Waals surface area contributed by atoms with Crippen LogP contribution in [0.4, 0.5) is 5.69 Å². The van der Waals surface area contributed by atoms with Gasteiger partial charge in [-0.1, -0.05) is 55.8 Å². The number of piperazine rings is 1. The third kappa shape index (κ3) is 9.52. The Morgan fingerprint density at radius 1 is 0.783 bits per heavy atom. The van der Waals surface area contributed by atoms with Crippen LogP contribution in [-0.2, 0) is 14.4 Å². The average molecular weight is 814 g/mol. The van der Waals surface area contributed by atoms with Gasteiger partial charge in [-0.3, -0.25) is 39.1 Å². The molecule has 4 aromatic carbocycles. The Morgan fingerprint density at radius 2 is 1.43 bits per heavy atom. The quantitative estimate of drug-likeness (QED) is 0.0593. The fraction of sp³-hybridized carbons (Fsp3) is 0.340. The summed E-state index contributed by atoms with van der Waals surface area (Å²) in [6.45, 7) is 6.82. The first kappa shape index (κ1) is 41.7. The maximum Gasteiger partial charge on any atom is 0.264 e. The molecule has 13 heteroatoms. The summed E-state index contributed by atoms with van der Waals surface area (Å²) in [4.78, 5) is 68.7. The number of carbonyl (C=O) groups excluding carboxylic acids is 5. The Labute approximate surface area is 349 Å². The standard InChI is InChI=1S/C47H51N5O8/c1-2-37(31-10-16-34(53)17-11-31)43(32-12-18-35(54)19-13-32)33-14-20-36(21-15-33)60-30-29-50-25-27-51(28-26-50)42(56)9-4-3-5-24-48-39-8-6-7-38-44(39)47(59)52(46(38)58)40-22-23-41(55)49-45(40)57/h6-8,10-21,40,48,53-54H,2-5,9,22-30H2,1H3,(H,49,55,57). The fourth-order valence-electron chi connectivity index (χ4n) is 8.18. The topological polar surface area (TPSA) is 169 Å². The van der Waals surface area contributed by atoms with Crippen molar-refractivity contribution in [1.29, 1.82) is 0 Å². The molecule has 0 aliphatic carbocycles. The van der Waals surface area contributed by atoms with Crippen molar-refractivity contribution >= 4 is 46.4 Å². The monoisotopic (exact) mass is 813 g/mol. The van der Waals surface area contributed by atoms with E-state index in [1.165, 1.54) is 0 Å². The van der Waals surface area contributed by atoms with Crippen LogP contribution in [0.15, 0.2) is 91.0 Å². The van der Waals surface area contributed by atoms with Gasteiger partial charge >= 0.3 is 0 Å². The van der Waals surface area contributed by atoms with Gasteiger partial charge in [0.2, 0.25) is 17.7 Å². The second kappa shape index (κ2) is 19.1. The number of hydrogen-bond donors (Lipinski definition) is 4. The number of ether oxygens (including phenoxy) is 1. The number of phenolic OH excluding ortho intramolecular Hbond substituents is 2. The summed E-state index contributed by atoms with van der Waals surface area (Å²) in [5, 5.41) is 25.3. The second-order valence-electron chi connectivity index (χ2n) is 15.3. The van der Waals surface area contributed by atoms with E-state index < -0.39 is 29.7 Å². The summed E-state index contributed by atoms with van der Waals surface area (Å²) >= 11 is 0. The van der Waals surface area contributed by atoms with Gasteiger partial charge in [-0.15, -0.1) is 0 Å². The molecule has 0 bridgehead atoms. The van der Waals surface area contributed by atoms with Crippen molar-refractivity contribution in [2.24, 2.45) is 0 Å². The molecule has 3 aliphatic rings. The van der Waals surface area contributed by atoms with Crippen LogP contribution in [0.2, 0.25) is 0 Å². The highest BCUT2D eigenvalue weighted by atomic mass is 16.5. The number of phenols is 2. The zero-order chi connectivity index (χ0) is 42.2. The molecule has 5 amide bonds. The van der Waals surface area contributed by atoms with Gasteiger partial charge < -0.3 is 25.2 Å². The van der Waals surface area contributed by atoms with Gasteiger partial charge in [0.05, 0.1) is 11.1 Å². The number of fused-ring (bicyclic) bond motifs is 1. The number of benzene rings is 4. The molecule has 7 rings (SSSR count). The maximum atomic E-state index is 13.3. The van der Waals surface area contributed by atoms with Crippen molar-refractivity contribution in [3.8, 4) is 17.2 Å². The van der Waals surface area contributed by atoms with Crippen molar-refractivity contribution < 1.29 is 38.9 Å². The van der Waals surface area contributed by atoms with Crippen molar-refractivity contribution in [3.63, 3.8) is 0 Å². The number of allylic oxidation sites excluding steroid dienone is 1. The predicted octanol–water partition coefficient (Wildman–Crippen LogP) is 6.06. The lowest BCUT2D eigenvalue weighted by Gasteiger charge is -2.34. The molecule has 3 aliphatic heterocycles. The zero-order valence-electron chi connectivity index (χ0n) is 33.8. The SMILES string of the molecule is CCC(=C(c1ccc(O)cc1)c1ccc(OCCN2CCN(C(=O)CCCCCNc3cccc4c3C(=O)N(C3CCC(=O)NC3=O)C4=O)CC2)cc1)c1ccc(O)cc1. The summed E-state index contributed by atoms with van der Waals surface area (Å²) in [6, 6.07) is 26.5. The summed E-state index contributed by atoms with van der Waals surface area (Å²) in [6.07, 6.45) is 3.72. The first-order valence-electron chi connectivity index (χ1n) is 20.7. The van der Waals surface area contributed by atoms with Crippen LogP contribution in [0.5, 0.6) is 17.2 Å². The Bertz CT molecular complexity index is 2250. The number of piperidine rings is 1. The molecule has 1 atom stereocenters. The van der Waals surface area contributed by atoms with E-state index in [1.807, 2.05) is 41.3 Å². The van der Waals surface area contributed by atoms with Crippen LogP contribution in [0.25, 0.3) is 11.1 Å². The molecule has 1 unspecified atom stereocenters. The van der Waals surface area contributed by atoms with E-state index in [2.05, 4.69) is 34.6 Å². The molecule has 0 spiro atoms. The number of hydrogen-bond acceptors (Lipinski definition) is 10. The first-order chi connectivity index (χ1) is 29.1. The molecule has 0 aromatic heterocycles. The first-order valence-corrected chi connectivity index (χ1v) is 20.7. The van der Waals surface area contributed by atoms with Gasteiger partial charge in [0.15, 0.2) is 0 Å². The van der Waals surface area contributed by atoms with E-state index >= 15 is 0 Å². The smallest absolute Gasteiger partial charge is 0.264 e. The number of nitrogens with one attached hydrogen (secondary N) is 2. The minimum Gasteiger partial charge on any atom is -0.508 e. The van der Waals surface area contributed by atoms with Crippen LogP contribution in [-0.4, -0.2) is 106 Å². The maximum absolute atomic E-state index is 13.3. The van der Waals surface area contributed by atoms with E-state index in [-0.39, 0.29) is 41.4 Å². The van der Waals surface area contributed by atoms with Crippen molar-refractivity contribution in [2.75, 3.05) is 51.2 Å². The Balaban J connectivity index is 0.821. The lowest BCUT2D eigenvalue weighted by atomic mass is 9.88. The molecule has 3 heterocycles. The molecule has 2 fully saturated rings. The average Bonchev–Trinajstić information content (AvgIpc) is 3.51. The summed E-state index contributed by atoms with van der Waals surface area (Å²) in [5.41, 5.74) is 6.19. The number of anilines is 1. The Kier molecular flexibility index (Phi) is 13.2. The fourth-order valence-corrected chi connectivity index (χ4v) is 8.18. The minimum atomic E-state index is -1.01. The number of imide groups is 2. The molecule has 60 heavy (non-hydrogen) atoms. The molecule has 0 saturated carbocycles. The molecule has 2 saturated heterocycles. The van der Waals surface area contributed by atoms with Gasteiger partial charge in [0.1, 0.15) is 29.9 Å². The Hall–Kier alpha value is -6.47. The van der Waals surface area contributed by atoms with Gasteiger partial charge in [0, 0.05) is 57.8 Å². The van der Waals surface area contributed by atoms with E-state index in [0.717, 1.165) is 83.8 Å². The minimum absolute atomic E-state index is 0.0664. The van der Waals surface area contributed by atoms with Crippen molar-refractivity contribution in [3.05, 3.63) is 119 Å². The van der Waals surface area contributed by atoms with E-state index in [4.69, 9.17) is 4.74 Å². The summed E-state index contributed by atoms with van der Waals surface area (Å²) in [5.74, 6) is -0.794. The van der Waals surface area contributed by atoms with E-state index in [1.54, 1.807) is 42.5 Å². The normalized spacial score (nSPS) is 17.3. The zero-order valence-corrected chi connectivity index (χ0v) is 33.8. The highest BCUT2D eigenvalue weighted by molar-refractivity contribution is 6.25. The number of aromatic hydroxyl groups is 2. The molecule has 4 aromatic rings. The number of unbranched alkanes of at least 4 members (excludes halogenated alkanes) is 2. The van der Waals surface area contributed by atoms with E-state index in [9.17, 15) is 34.2 Å². The molecular weight excluding hydrogens is 763 g/mol. The van der Waals surface area contributed by atoms with Crippen molar-refractivity contribution in [1.82, 2.24) is 20.0 Å². The lowest BCUT2D eigenvalue weighted by molar-refractivity contribution is -0.136. The summed E-state index contributed by atoms with van der Waals surface area (Å²) in [7, 11) is 0. The molecule has 0 radical (unpaired) electrons. The third-order valence-corrected chi connectivity index (χ3v) is 11.4. The molecule has 312 valence electrons. The molecular formula is C47H51N5O8. The number of nitrogens with zero attached hydrogens (tertiary/aromatic N) is 3. The number of carbonyl (C=O) groups is 5. The van der Waals surface area contributed by atoms with E-state index in [0.29, 0.717) is 38.3 Å². The number of rotatable bonds is 16. The molecule has 4 N–H and O–H groups in total.